The molecule has 3 heterocycles. The van der Waals surface area contributed by atoms with Crippen molar-refractivity contribution in [3.8, 4) is 22.6 Å². The quantitative estimate of drug-likeness (QED) is 0.702. The van der Waals surface area contributed by atoms with Crippen LogP contribution in [0.25, 0.3) is 11.1 Å². The number of hydrogen-bond acceptors (Lipinski definition) is 4. The number of nitrogens with one attached hydrogen (secondary N) is 1. The van der Waals surface area contributed by atoms with Crippen LogP contribution in [0.2, 0.25) is 0 Å². The summed E-state index contributed by atoms with van der Waals surface area (Å²) in [5.41, 5.74) is 5.46. The molecule has 130 valence electrons. The van der Waals surface area contributed by atoms with Gasteiger partial charge in [0.15, 0.2) is 11.5 Å². The molecule has 0 saturated carbocycles. The number of rotatable bonds is 2. The van der Waals surface area contributed by atoms with Crippen molar-refractivity contribution in [2.45, 2.75) is 19.3 Å². The van der Waals surface area contributed by atoms with Crippen LogP contribution in [0.15, 0.2) is 47.8 Å². The van der Waals surface area contributed by atoms with Gasteiger partial charge in [0, 0.05) is 28.2 Å². The zero-order valence-corrected chi connectivity index (χ0v) is 15.1. The Morgan fingerprint density at radius 1 is 1.08 bits per heavy atom. The van der Waals surface area contributed by atoms with E-state index in [1.54, 1.807) is 11.3 Å². The molecule has 0 radical (unpaired) electrons. The lowest BCUT2D eigenvalue weighted by Gasteiger charge is -2.24. The van der Waals surface area contributed by atoms with E-state index in [1.807, 2.05) is 18.2 Å². The van der Waals surface area contributed by atoms with Crippen LogP contribution in [0.1, 0.15) is 28.3 Å². The Morgan fingerprint density at radius 3 is 2.73 bits per heavy atom. The van der Waals surface area contributed by atoms with Crippen molar-refractivity contribution in [2.24, 2.45) is 0 Å². The molecule has 26 heavy (non-hydrogen) atoms. The lowest BCUT2D eigenvalue weighted by molar-refractivity contribution is -0.116. The Bertz CT molecular complexity index is 1010. The zero-order chi connectivity index (χ0) is 17.7. The molecule has 0 aliphatic carbocycles. The Hall–Kier alpha value is -2.79. The molecule has 0 bridgehead atoms. The summed E-state index contributed by atoms with van der Waals surface area (Å²) < 4.78 is 10.9. The largest absolute Gasteiger partial charge is 0.454 e. The normalized spacial score (nSPS) is 17.7. The molecule has 0 fully saturated rings. The minimum Gasteiger partial charge on any atom is -0.454 e. The number of aryl methyl sites for hydroxylation is 1. The van der Waals surface area contributed by atoms with Gasteiger partial charge in [-0.15, -0.1) is 11.3 Å². The van der Waals surface area contributed by atoms with E-state index in [2.05, 4.69) is 41.9 Å². The van der Waals surface area contributed by atoms with Gasteiger partial charge in [-0.2, -0.15) is 0 Å². The highest BCUT2D eigenvalue weighted by molar-refractivity contribution is 7.11. The Labute approximate surface area is 155 Å². The molecule has 3 aromatic rings. The molecule has 5 heteroatoms. The second kappa shape index (κ2) is 5.88. The highest BCUT2D eigenvalue weighted by Gasteiger charge is 2.31. The van der Waals surface area contributed by atoms with E-state index in [9.17, 15) is 4.79 Å². The SMILES string of the molecule is Cc1ccc(-c2csc3c2NC(=O)CC3c2ccc3c(c2)OCO3)cc1. The van der Waals surface area contributed by atoms with Crippen molar-refractivity contribution in [1.29, 1.82) is 0 Å². The summed E-state index contributed by atoms with van der Waals surface area (Å²) in [5, 5.41) is 5.23. The lowest BCUT2D eigenvalue weighted by atomic mass is 9.89. The predicted molar refractivity (Wildman–Crippen MR) is 102 cm³/mol. The van der Waals surface area contributed by atoms with Crippen molar-refractivity contribution in [2.75, 3.05) is 12.1 Å². The van der Waals surface area contributed by atoms with Crippen molar-refractivity contribution >= 4 is 22.9 Å². The van der Waals surface area contributed by atoms with Gasteiger partial charge < -0.3 is 14.8 Å². The van der Waals surface area contributed by atoms with Crippen LogP contribution >= 0.6 is 11.3 Å². The molecule has 4 nitrogen and oxygen atoms in total. The van der Waals surface area contributed by atoms with Gasteiger partial charge in [-0.25, -0.2) is 0 Å². The molecular weight excluding hydrogens is 346 g/mol. The molecule has 2 aliphatic heterocycles. The van der Waals surface area contributed by atoms with Crippen molar-refractivity contribution in [3.63, 3.8) is 0 Å². The van der Waals surface area contributed by atoms with Gasteiger partial charge in [-0.05, 0) is 30.2 Å². The first kappa shape index (κ1) is 15.5. The number of benzene rings is 2. The number of thiophene rings is 1. The zero-order valence-electron chi connectivity index (χ0n) is 14.2. The number of anilines is 1. The Balaban J connectivity index is 1.59. The molecule has 1 unspecified atom stereocenters. The summed E-state index contributed by atoms with van der Waals surface area (Å²) in [6.45, 7) is 2.33. The van der Waals surface area contributed by atoms with E-state index in [1.165, 1.54) is 10.4 Å². The second-order valence-electron chi connectivity index (χ2n) is 6.67. The van der Waals surface area contributed by atoms with E-state index in [-0.39, 0.29) is 18.6 Å². The number of hydrogen-bond donors (Lipinski definition) is 1. The van der Waals surface area contributed by atoms with Crippen LogP contribution in [-0.2, 0) is 4.79 Å². The minimum absolute atomic E-state index is 0.0393. The first-order chi connectivity index (χ1) is 12.7. The van der Waals surface area contributed by atoms with Crippen LogP contribution in [0.5, 0.6) is 11.5 Å². The van der Waals surface area contributed by atoms with Gasteiger partial charge >= 0.3 is 0 Å². The van der Waals surface area contributed by atoms with Gasteiger partial charge in [0.05, 0.1) is 5.69 Å². The van der Waals surface area contributed by atoms with E-state index < -0.39 is 0 Å². The fourth-order valence-electron chi connectivity index (χ4n) is 3.57. The standard InChI is InChI=1S/C21H17NO3S/c1-12-2-4-13(5-3-12)16-10-26-21-15(9-19(23)22-20(16)21)14-6-7-17-18(8-14)25-11-24-17/h2-8,10,15H,9,11H2,1H3,(H,22,23). The highest BCUT2D eigenvalue weighted by Crippen LogP contribution is 2.47. The monoisotopic (exact) mass is 363 g/mol. The van der Waals surface area contributed by atoms with Gasteiger partial charge in [-0.3, -0.25) is 4.79 Å². The summed E-state index contributed by atoms with van der Waals surface area (Å²) in [5.74, 6) is 1.61. The number of carbonyl (C=O) groups is 1. The third-order valence-corrected chi connectivity index (χ3v) is 6.05. The highest BCUT2D eigenvalue weighted by atomic mass is 32.1. The molecule has 0 spiro atoms. The van der Waals surface area contributed by atoms with Gasteiger partial charge in [-0.1, -0.05) is 35.9 Å². The Kier molecular flexibility index (Phi) is 3.50. The van der Waals surface area contributed by atoms with E-state index in [4.69, 9.17) is 9.47 Å². The third kappa shape index (κ3) is 2.47. The Morgan fingerprint density at radius 2 is 1.88 bits per heavy atom. The number of amides is 1. The number of fused-ring (bicyclic) bond motifs is 2. The summed E-state index contributed by atoms with van der Waals surface area (Å²) in [6, 6.07) is 14.4. The van der Waals surface area contributed by atoms with Gasteiger partial charge in [0.1, 0.15) is 0 Å². The predicted octanol–water partition coefficient (Wildman–Crippen LogP) is 4.93. The topological polar surface area (TPSA) is 47.6 Å². The second-order valence-corrected chi connectivity index (χ2v) is 7.58. The first-order valence-corrected chi connectivity index (χ1v) is 9.45. The van der Waals surface area contributed by atoms with Crippen LogP contribution in [0, 0.1) is 6.92 Å². The maximum atomic E-state index is 12.4. The molecule has 2 aromatic carbocycles. The van der Waals surface area contributed by atoms with Crippen LogP contribution in [-0.4, -0.2) is 12.7 Å². The summed E-state index contributed by atoms with van der Waals surface area (Å²) in [7, 11) is 0. The van der Waals surface area contributed by atoms with Crippen LogP contribution in [0.4, 0.5) is 5.69 Å². The average molecular weight is 363 g/mol. The fraction of sp³-hybridized carbons (Fsp3) is 0.190. The van der Waals surface area contributed by atoms with Gasteiger partial charge in [0.25, 0.3) is 0 Å². The summed E-state index contributed by atoms with van der Waals surface area (Å²) in [6.07, 6.45) is 0.445. The fourth-order valence-corrected chi connectivity index (χ4v) is 4.73. The summed E-state index contributed by atoms with van der Waals surface area (Å²) >= 11 is 1.70. The molecule has 5 rings (SSSR count). The molecule has 1 amide bonds. The van der Waals surface area contributed by atoms with E-state index in [0.29, 0.717) is 6.42 Å². The lowest BCUT2D eigenvalue weighted by Crippen LogP contribution is -2.22. The number of ether oxygens (including phenoxy) is 2. The van der Waals surface area contributed by atoms with Crippen molar-refractivity contribution in [3.05, 3.63) is 63.8 Å². The molecular formula is C21H17NO3S. The summed E-state index contributed by atoms with van der Waals surface area (Å²) in [4.78, 5) is 13.6. The maximum absolute atomic E-state index is 12.4. The maximum Gasteiger partial charge on any atom is 0.231 e. The van der Waals surface area contributed by atoms with E-state index in [0.717, 1.165) is 33.9 Å². The van der Waals surface area contributed by atoms with E-state index >= 15 is 0 Å². The first-order valence-electron chi connectivity index (χ1n) is 8.57. The molecule has 1 aromatic heterocycles. The molecule has 0 saturated heterocycles. The van der Waals surface area contributed by atoms with Gasteiger partial charge in [0.2, 0.25) is 12.7 Å². The van der Waals surface area contributed by atoms with Crippen LogP contribution in [0.3, 0.4) is 0 Å². The minimum atomic E-state index is 0.0393. The van der Waals surface area contributed by atoms with Crippen molar-refractivity contribution in [1.82, 2.24) is 0 Å². The smallest absolute Gasteiger partial charge is 0.231 e. The van der Waals surface area contributed by atoms with Crippen LogP contribution < -0.4 is 14.8 Å². The molecule has 1 atom stereocenters. The third-order valence-electron chi connectivity index (χ3n) is 4.95. The molecule has 1 N–H and O–H groups in total. The van der Waals surface area contributed by atoms with Crippen molar-refractivity contribution < 1.29 is 14.3 Å². The molecule has 2 aliphatic rings. The average Bonchev–Trinajstić information content (AvgIpc) is 3.27. The number of carbonyl (C=O) groups excluding carboxylic acids is 1.